The molecule has 3 aromatic rings. The lowest BCUT2D eigenvalue weighted by Gasteiger charge is -2.10. The molecule has 0 fully saturated rings. The third-order valence-corrected chi connectivity index (χ3v) is 5.49. The van der Waals surface area contributed by atoms with Crippen LogP contribution in [0.3, 0.4) is 0 Å². The summed E-state index contributed by atoms with van der Waals surface area (Å²) in [6, 6.07) is 13.9. The third-order valence-electron chi connectivity index (χ3n) is 3.49. The van der Waals surface area contributed by atoms with E-state index in [9.17, 15) is 13.2 Å². The van der Waals surface area contributed by atoms with E-state index in [1.54, 1.807) is 36.4 Å². The zero-order chi connectivity index (χ0) is 18.2. The van der Waals surface area contributed by atoms with Crippen LogP contribution in [0.2, 0.25) is 10.0 Å². The molecule has 0 atom stereocenters. The van der Waals surface area contributed by atoms with Crippen LogP contribution in [0.15, 0.2) is 59.5 Å². The highest BCUT2D eigenvalue weighted by molar-refractivity contribution is 7.92. The molecular weight excluding hydrogens is 405 g/mol. The minimum absolute atomic E-state index is 0.0465. The number of nitrogens with one attached hydrogen (secondary N) is 1. The van der Waals surface area contributed by atoms with Crippen LogP contribution < -0.4 is 4.72 Å². The predicted octanol–water partition coefficient (Wildman–Crippen LogP) is 5.33. The fraction of sp³-hybridized carbons (Fsp3) is 0. The van der Waals surface area contributed by atoms with Gasteiger partial charge in [0.05, 0.1) is 4.90 Å². The number of carbonyl (C=O) groups is 1. The summed E-state index contributed by atoms with van der Waals surface area (Å²) < 4.78 is 27.5. The Morgan fingerprint density at radius 2 is 1.60 bits per heavy atom. The lowest BCUT2D eigenvalue weighted by Crippen LogP contribution is -2.13. The summed E-state index contributed by atoms with van der Waals surface area (Å²) in [5, 5.41) is 1.17. The van der Waals surface area contributed by atoms with Crippen molar-refractivity contribution in [3.05, 3.63) is 70.2 Å². The van der Waals surface area contributed by atoms with Gasteiger partial charge in [-0.1, -0.05) is 41.4 Å². The minimum atomic E-state index is -3.87. The second-order valence-electron chi connectivity index (χ2n) is 5.23. The van der Waals surface area contributed by atoms with Crippen molar-refractivity contribution in [3.8, 4) is 0 Å². The normalized spacial score (nSPS) is 11.5. The fourth-order valence-corrected chi connectivity index (χ4v) is 4.36. The minimum Gasteiger partial charge on any atom is -0.280 e. The Bertz CT molecular complexity index is 1080. The number of sulfonamides is 1. The van der Waals surface area contributed by atoms with E-state index in [0.717, 1.165) is 0 Å². The Morgan fingerprint density at radius 1 is 0.920 bits per heavy atom. The van der Waals surface area contributed by atoms with Gasteiger partial charge in [-0.25, -0.2) is 8.42 Å². The van der Waals surface area contributed by atoms with E-state index in [1.165, 1.54) is 18.2 Å². The molecule has 0 unspecified atom stereocenters. The summed E-state index contributed by atoms with van der Waals surface area (Å²) in [7, 11) is -3.87. The average molecular weight is 415 g/mol. The number of anilines is 1. The van der Waals surface area contributed by atoms with Crippen LogP contribution >= 0.6 is 34.8 Å². The maximum absolute atomic E-state index is 12.5. The molecule has 0 aliphatic heterocycles. The first-order valence-corrected chi connectivity index (χ1v) is 9.59. The average Bonchev–Trinajstić information content (AvgIpc) is 2.52. The Balaban J connectivity index is 2.01. The molecule has 0 aromatic heterocycles. The topological polar surface area (TPSA) is 63.2 Å². The van der Waals surface area contributed by atoms with Crippen molar-refractivity contribution in [2.24, 2.45) is 0 Å². The Kier molecular flexibility index (Phi) is 4.93. The van der Waals surface area contributed by atoms with Crippen LogP contribution in [0.5, 0.6) is 0 Å². The summed E-state index contributed by atoms with van der Waals surface area (Å²) in [6.45, 7) is 0. The van der Waals surface area contributed by atoms with Gasteiger partial charge in [0.15, 0.2) is 0 Å². The highest BCUT2D eigenvalue weighted by Gasteiger charge is 2.16. The SMILES string of the molecule is O=C(Cl)c1cccc2cc(NS(=O)(=O)c3cc(Cl)cc(Cl)c3)ccc12. The van der Waals surface area contributed by atoms with Crippen LogP contribution in [0, 0.1) is 0 Å². The van der Waals surface area contributed by atoms with E-state index in [-0.39, 0.29) is 14.9 Å². The molecule has 0 amide bonds. The van der Waals surface area contributed by atoms with Crippen molar-refractivity contribution in [2.75, 3.05) is 4.72 Å². The first-order chi connectivity index (χ1) is 11.8. The summed E-state index contributed by atoms with van der Waals surface area (Å²) in [4.78, 5) is 11.4. The van der Waals surface area contributed by atoms with Crippen molar-refractivity contribution in [2.45, 2.75) is 4.90 Å². The number of benzene rings is 3. The van der Waals surface area contributed by atoms with Crippen molar-refractivity contribution < 1.29 is 13.2 Å². The van der Waals surface area contributed by atoms with Gasteiger partial charge in [0.25, 0.3) is 15.3 Å². The molecule has 3 rings (SSSR count). The number of halogens is 3. The molecule has 1 N–H and O–H groups in total. The lowest BCUT2D eigenvalue weighted by atomic mass is 10.0. The van der Waals surface area contributed by atoms with E-state index < -0.39 is 15.3 Å². The molecule has 0 radical (unpaired) electrons. The molecule has 4 nitrogen and oxygen atoms in total. The van der Waals surface area contributed by atoms with Gasteiger partial charge >= 0.3 is 0 Å². The molecule has 8 heteroatoms. The van der Waals surface area contributed by atoms with Gasteiger partial charge in [0.1, 0.15) is 0 Å². The molecule has 0 heterocycles. The Morgan fingerprint density at radius 3 is 2.24 bits per heavy atom. The number of hydrogen-bond acceptors (Lipinski definition) is 3. The second kappa shape index (κ2) is 6.84. The van der Waals surface area contributed by atoms with Crippen LogP contribution in [0.25, 0.3) is 10.8 Å². The Labute approximate surface area is 159 Å². The van der Waals surface area contributed by atoms with Gasteiger partial charge in [-0.05, 0) is 58.8 Å². The van der Waals surface area contributed by atoms with Crippen molar-refractivity contribution in [1.29, 1.82) is 0 Å². The second-order valence-corrected chi connectivity index (χ2v) is 8.12. The molecule has 0 spiro atoms. The largest absolute Gasteiger partial charge is 0.280 e. The maximum Gasteiger partial charge on any atom is 0.261 e. The first-order valence-electron chi connectivity index (χ1n) is 6.98. The van der Waals surface area contributed by atoms with E-state index >= 15 is 0 Å². The van der Waals surface area contributed by atoms with Crippen molar-refractivity contribution >= 4 is 66.5 Å². The maximum atomic E-state index is 12.5. The number of carbonyl (C=O) groups excluding carboxylic acids is 1. The Hall–Kier alpha value is -1.79. The molecule has 0 saturated heterocycles. The molecule has 3 aromatic carbocycles. The monoisotopic (exact) mass is 413 g/mol. The zero-order valence-electron chi connectivity index (χ0n) is 12.5. The van der Waals surface area contributed by atoms with Gasteiger partial charge in [-0.3, -0.25) is 9.52 Å². The number of hydrogen-bond donors (Lipinski definition) is 1. The van der Waals surface area contributed by atoms with Gasteiger partial charge < -0.3 is 0 Å². The van der Waals surface area contributed by atoms with Gasteiger partial charge in [0, 0.05) is 21.3 Å². The van der Waals surface area contributed by atoms with Crippen LogP contribution in [0.1, 0.15) is 10.4 Å². The van der Waals surface area contributed by atoms with Crippen LogP contribution in [0.4, 0.5) is 5.69 Å². The van der Waals surface area contributed by atoms with Crippen molar-refractivity contribution in [1.82, 2.24) is 0 Å². The smallest absolute Gasteiger partial charge is 0.261 e. The fourth-order valence-electron chi connectivity index (χ4n) is 2.42. The third kappa shape index (κ3) is 3.90. The van der Waals surface area contributed by atoms with Crippen LogP contribution in [-0.4, -0.2) is 13.7 Å². The van der Waals surface area contributed by atoms with E-state index in [4.69, 9.17) is 34.8 Å². The standard InChI is InChI=1S/C17H10Cl3NO3S/c18-11-7-12(19)9-14(8-11)25(23,24)21-13-4-5-15-10(6-13)2-1-3-16(15)17(20)22/h1-9,21H. The molecule has 0 aliphatic rings. The number of rotatable bonds is 4. The summed E-state index contributed by atoms with van der Waals surface area (Å²) in [6.07, 6.45) is 0. The van der Waals surface area contributed by atoms with E-state index in [2.05, 4.69) is 4.72 Å². The molecule has 25 heavy (non-hydrogen) atoms. The molecule has 128 valence electrons. The van der Waals surface area contributed by atoms with E-state index in [1.807, 2.05) is 0 Å². The lowest BCUT2D eigenvalue weighted by molar-refractivity contribution is 0.108. The highest BCUT2D eigenvalue weighted by Crippen LogP contribution is 2.27. The summed E-state index contributed by atoms with van der Waals surface area (Å²) in [5.41, 5.74) is 0.693. The first kappa shape index (κ1) is 18.0. The zero-order valence-corrected chi connectivity index (χ0v) is 15.5. The highest BCUT2D eigenvalue weighted by atomic mass is 35.5. The molecule has 0 bridgehead atoms. The molecular formula is C17H10Cl3NO3S. The molecule has 0 saturated carbocycles. The quantitative estimate of drug-likeness (QED) is 0.587. The van der Waals surface area contributed by atoms with Crippen LogP contribution in [-0.2, 0) is 10.0 Å². The van der Waals surface area contributed by atoms with Gasteiger partial charge in [-0.2, -0.15) is 0 Å². The van der Waals surface area contributed by atoms with E-state index in [0.29, 0.717) is 22.0 Å². The summed E-state index contributed by atoms with van der Waals surface area (Å²) >= 11 is 17.3. The molecule has 0 aliphatic carbocycles. The van der Waals surface area contributed by atoms with Gasteiger partial charge in [0.2, 0.25) is 0 Å². The predicted molar refractivity (Wildman–Crippen MR) is 101 cm³/mol. The van der Waals surface area contributed by atoms with Gasteiger partial charge in [-0.15, -0.1) is 0 Å². The van der Waals surface area contributed by atoms with Crippen molar-refractivity contribution in [3.63, 3.8) is 0 Å². The number of fused-ring (bicyclic) bond motifs is 1. The summed E-state index contributed by atoms with van der Waals surface area (Å²) in [5.74, 6) is 0.